The number of aliphatic hydroxyl groups is 1. The van der Waals surface area contributed by atoms with Gasteiger partial charge < -0.3 is 15.2 Å². The molecule has 0 saturated heterocycles. The Balaban J connectivity index is 1.88. The van der Waals surface area contributed by atoms with Gasteiger partial charge in [0.2, 0.25) is 5.91 Å². The fraction of sp³-hybridized carbons (Fsp3) is 0.611. The summed E-state index contributed by atoms with van der Waals surface area (Å²) in [5.74, 6) is 0.645. The topological polar surface area (TPSA) is 61.8 Å². The van der Waals surface area contributed by atoms with Crippen LogP contribution in [0.4, 0.5) is 5.69 Å². The second-order valence-corrected chi connectivity index (χ2v) is 6.37. The van der Waals surface area contributed by atoms with Crippen molar-refractivity contribution < 1.29 is 14.6 Å². The van der Waals surface area contributed by atoms with E-state index < -0.39 is 5.60 Å². The molecule has 1 saturated carbocycles. The summed E-state index contributed by atoms with van der Waals surface area (Å²) in [4.78, 5) is 14.3. The van der Waals surface area contributed by atoms with Gasteiger partial charge in [-0.2, -0.15) is 0 Å². The van der Waals surface area contributed by atoms with E-state index in [0.717, 1.165) is 37.9 Å². The Labute approximate surface area is 138 Å². The van der Waals surface area contributed by atoms with E-state index in [1.54, 1.807) is 13.2 Å². The van der Waals surface area contributed by atoms with Crippen molar-refractivity contribution in [1.29, 1.82) is 0 Å². The van der Waals surface area contributed by atoms with Crippen LogP contribution in [-0.4, -0.2) is 48.3 Å². The van der Waals surface area contributed by atoms with Gasteiger partial charge >= 0.3 is 0 Å². The Hall–Kier alpha value is -1.59. The van der Waals surface area contributed by atoms with Crippen molar-refractivity contribution in [2.75, 3.05) is 32.1 Å². The highest BCUT2D eigenvalue weighted by Gasteiger charge is 2.31. The Bertz CT molecular complexity index is 513. The molecular weight excluding hydrogens is 292 g/mol. The molecule has 1 aromatic carbocycles. The molecule has 128 valence electrons. The number of amides is 1. The maximum atomic E-state index is 12.3. The number of methoxy groups -OCH3 is 1. The minimum Gasteiger partial charge on any atom is -0.497 e. The molecule has 1 amide bonds. The van der Waals surface area contributed by atoms with Crippen LogP contribution in [0, 0.1) is 0 Å². The van der Waals surface area contributed by atoms with Gasteiger partial charge in [0, 0.05) is 18.3 Å². The van der Waals surface area contributed by atoms with Crippen LogP contribution in [-0.2, 0) is 4.79 Å². The van der Waals surface area contributed by atoms with Gasteiger partial charge in [0.1, 0.15) is 5.75 Å². The van der Waals surface area contributed by atoms with E-state index in [1.807, 2.05) is 30.0 Å². The molecule has 0 bridgehead atoms. The van der Waals surface area contributed by atoms with Gasteiger partial charge in [0.15, 0.2) is 0 Å². The molecule has 5 nitrogen and oxygen atoms in total. The summed E-state index contributed by atoms with van der Waals surface area (Å²) >= 11 is 0. The van der Waals surface area contributed by atoms with Crippen LogP contribution in [0.2, 0.25) is 0 Å². The van der Waals surface area contributed by atoms with E-state index in [9.17, 15) is 9.90 Å². The summed E-state index contributed by atoms with van der Waals surface area (Å²) in [6, 6.07) is 7.32. The molecule has 2 rings (SSSR count). The number of nitrogens with zero attached hydrogens (tertiary/aromatic N) is 1. The zero-order valence-corrected chi connectivity index (χ0v) is 14.2. The van der Waals surface area contributed by atoms with E-state index in [2.05, 4.69) is 5.32 Å². The number of hydrogen-bond donors (Lipinski definition) is 2. The van der Waals surface area contributed by atoms with Crippen molar-refractivity contribution in [3.63, 3.8) is 0 Å². The monoisotopic (exact) mass is 320 g/mol. The first-order chi connectivity index (χ1) is 11.0. The van der Waals surface area contributed by atoms with Crippen LogP contribution in [0.3, 0.4) is 0 Å². The molecule has 2 N–H and O–H groups in total. The van der Waals surface area contributed by atoms with E-state index in [1.165, 1.54) is 6.42 Å². The van der Waals surface area contributed by atoms with Crippen molar-refractivity contribution in [2.45, 2.75) is 44.6 Å². The third kappa shape index (κ3) is 5.52. The van der Waals surface area contributed by atoms with Crippen LogP contribution < -0.4 is 10.1 Å². The largest absolute Gasteiger partial charge is 0.497 e. The van der Waals surface area contributed by atoms with Crippen LogP contribution in [0.25, 0.3) is 0 Å². The predicted molar refractivity (Wildman–Crippen MR) is 91.8 cm³/mol. The molecule has 0 atom stereocenters. The number of carbonyl (C=O) groups excluding carboxylic acids is 1. The lowest BCUT2D eigenvalue weighted by molar-refractivity contribution is -0.118. The molecule has 1 aromatic rings. The quantitative estimate of drug-likeness (QED) is 0.811. The number of ether oxygens (including phenoxy) is 1. The Morgan fingerprint density at radius 1 is 1.35 bits per heavy atom. The highest BCUT2D eigenvalue weighted by molar-refractivity contribution is 5.92. The fourth-order valence-corrected chi connectivity index (χ4v) is 3.17. The zero-order valence-electron chi connectivity index (χ0n) is 14.2. The molecule has 0 heterocycles. The van der Waals surface area contributed by atoms with Gasteiger partial charge in [-0.3, -0.25) is 9.69 Å². The molecule has 23 heavy (non-hydrogen) atoms. The molecule has 1 fully saturated rings. The number of carbonyl (C=O) groups is 1. The second-order valence-electron chi connectivity index (χ2n) is 6.37. The summed E-state index contributed by atoms with van der Waals surface area (Å²) in [6.45, 7) is 3.61. The van der Waals surface area contributed by atoms with Crippen LogP contribution in [0.15, 0.2) is 24.3 Å². The standard InChI is InChI=1S/C18H28N2O3/c1-3-20(14-18(22)10-5-4-6-11-18)13-17(21)19-15-8-7-9-16(12-15)23-2/h7-9,12,22H,3-6,10-11,13-14H2,1-2H3,(H,19,21). The summed E-state index contributed by atoms with van der Waals surface area (Å²) in [5, 5.41) is 13.5. The minimum absolute atomic E-state index is 0.0699. The third-order valence-corrected chi connectivity index (χ3v) is 4.47. The van der Waals surface area contributed by atoms with Gasteiger partial charge in [0.25, 0.3) is 0 Å². The maximum absolute atomic E-state index is 12.3. The first kappa shape index (κ1) is 17.8. The van der Waals surface area contributed by atoms with E-state index in [0.29, 0.717) is 12.3 Å². The highest BCUT2D eigenvalue weighted by atomic mass is 16.5. The van der Waals surface area contributed by atoms with Gasteiger partial charge in [0.05, 0.1) is 19.3 Å². The van der Waals surface area contributed by atoms with Gasteiger partial charge in [-0.1, -0.05) is 32.3 Å². The molecule has 0 aromatic heterocycles. The minimum atomic E-state index is -0.634. The molecule has 0 radical (unpaired) electrons. The Morgan fingerprint density at radius 3 is 2.74 bits per heavy atom. The molecule has 0 spiro atoms. The smallest absolute Gasteiger partial charge is 0.238 e. The van der Waals surface area contributed by atoms with Gasteiger partial charge in [-0.15, -0.1) is 0 Å². The lowest BCUT2D eigenvalue weighted by Gasteiger charge is -2.36. The molecule has 0 unspecified atom stereocenters. The molecule has 0 aliphatic heterocycles. The summed E-state index contributed by atoms with van der Waals surface area (Å²) in [6.07, 6.45) is 5.01. The fourth-order valence-electron chi connectivity index (χ4n) is 3.17. The van der Waals surface area contributed by atoms with E-state index in [4.69, 9.17) is 4.74 Å². The molecular formula is C18H28N2O3. The van der Waals surface area contributed by atoms with Crippen molar-refractivity contribution in [3.8, 4) is 5.75 Å². The number of likely N-dealkylation sites (N-methyl/N-ethyl adjacent to an activating group) is 1. The van der Waals surface area contributed by atoms with Crippen molar-refractivity contribution in [2.24, 2.45) is 0 Å². The summed E-state index contributed by atoms with van der Waals surface area (Å²) < 4.78 is 5.16. The van der Waals surface area contributed by atoms with Gasteiger partial charge in [-0.25, -0.2) is 0 Å². The average molecular weight is 320 g/mol. The number of benzene rings is 1. The summed E-state index contributed by atoms with van der Waals surface area (Å²) in [5.41, 5.74) is 0.0895. The van der Waals surface area contributed by atoms with Gasteiger partial charge in [-0.05, 0) is 31.5 Å². The number of rotatable bonds is 7. The average Bonchev–Trinajstić information content (AvgIpc) is 2.54. The Morgan fingerprint density at radius 2 is 2.09 bits per heavy atom. The number of hydrogen-bond acceptors (Lipinski definition) is 4. The lowest BCUT2D eigenvalue weighted by Crippen LogP contribution is -2.46. The van der Waals surface area contributed by atoms with Crippen molar-refractivity contribution in [1.82, 2.24) is 4.90 Å². The van der Waals surface area contributed by atoms with Crippen molar-refractivity contribution >= 4 is 11.6 Å². The maximum Gasteiger partial charge on any atom is 0.238 e. The van der Waals surface area contributed by atoms with Crippen LogP contribution in [0.1, 0.15) is 39.0 Å². The third-order valence-electron chi connectivity index (χ3n) is 4.47. The normalized spacial score (nSPS) is 17.0. The molecule has 5 heteroatoms. The number of nitrogens with one attached hydrogen (secondary N) is 1. The number of anilines is 1. The SMILES string of the molecule is CCN(CC(=O)Nc1cccc(OC)c1)CC1(O)CCCCC1. The van der Waals surface area contributed by atoms with E-state index >= 15 is 0 Å². The lowest BCUT2D eigenvalue weighted by atomic mass is 9.84. The van der Waals surface area contributed by atoms with Crippen LogP contribution in [0.5, 0.6) is 5.75 Å². The molecule has 1 aliphatic rings. The predicted octanol–water partition coefficient (Wildman–Crippen LogP) is 2.65. The first-order valence-corrected chi connectivity index (χ1v) is 8.43. The molecule has 1 aliphatic carbocycles. The Kier molecular flexibility index (Phi) is 6.42. The van der Waals surface area contributed by atoms with E-state index in [-0.39, 0.29) is 12.5 Å². The summed E-state index contributed by atoms with van der Waals surface area (Å²) in [7, 11) is 1.60. The zero-order chi connectivity index (χ0) is 16.7. The van der Waals surface area contributed by atoms with Crippen LogP contribution >= 0.6 is 0 Å². The van der Waals surface area contributed by atoms with Crippen molar-refractivity contribution in [3.05, 3.63) is 24.3 Å². The first-order valence-electron chi connectivity index (χ1n) is 8.43. The second kappa shape index (κ2) is 8.31. The highest BCUT2D eigenvalue weighted by Crippen LogP contribution is 2.28.